The van der Waals surface area contributed by atoms with E-state index in [1.54, 1.807) is 23.1 Å². The van der Waals surface area contributed by atoms with Crippen LogP contribution in [-0.2, 0) is 6.54 Å². The molecule has 20 heavy (non-hydrogen) atoms. The molecule has 2 aromatic heterocycles. The fraction of sp³-hybridized carbons (Fsp3) is 0.214. The molecule has 0 aliphatic carbocycles. The maximum Gasteiger partial charge on any atom is 0.256 e. The van der Waals surface area contributed by atoms with Crippen molar-refractivity contribution in [2.45, 2.75) is 11.8 Å². The standard InChI is InChI=1S/C14H13BrN2OS2/c15-10-7-11(20-9-10)8-16-5-6-19-14-17-12-3-1-2-4-13(12)18-14/h1-4,7,9,16H,5-6,8H2. The SMILES string of the molecule is Brc1csc(CNCCSc2nc3ccccc3o2)c1. The first-order valence-electron chi connectivity index (χ1n) is 6.23. The van der Waals surface area contributed by atoms with Gasteiger partial charge in [-0.3, -0.25) is 0 Å². The van der Waals surface area contributed by atoms with Crippen LogP contribution < -0.4 is 5.32 Å². The number of aromatic nitrogens is 1. The predicted octanol–water partition coefficient (Wildman–Crippen LogP) is 4.53. The number of benzene rings is 1. The smallest absolute Gasteiger partial charge is 0.256 e. The zero-order valence-corrected chi connectivity index (χ0v) is 13.9. The van der Waals surface area contributed by atoms with Gasteiger partial charge < -0.3 is 9.73 Å². The number of para-hydroxylation sites is 2. The highest BCUT2D eigenvalue weighted by atomic mass is 79.9. The number of oxazole rings is 1. The molecule has 0 aliphatic rings. The van der Waals surface area contributed by atoms with Crippen molar-refractivity contribution in [2.75, 3.05) is 12.3 Å². The third kappa shape index (κ3) is 3.63. The Morgan fingerprint density at radius 2 is 2.25 bits per heavy atom. The van der Waals surface area contributed by atoms with E-state index in [4.69, 9.17) is 4.42 Å². The van der Waals surface area contributed by atoms with Crippen LogP contribution in [0, 0.1) is 0 Å². The van der Waals surface area contributed by atoms with Crippen LogP contribution in [0.15, 0.2) is 49.8 Å². The molecule has 0 fully saturated rings. The minimum absolute atomic E-state index is 0.742. The van der Waals surface area contributed by atoms with Crippen molar-refractivity contribution in [2.24, 2.45) is 0 Å². The summed E-state index contributed by atoms with van der Waals surface area (Å²) in [6.07, 6.45) is 0. The first kappa shape index (κ1) is 14.1. The van der Waals surface area contributed by atoms with E-state index in [0.29, 0.717) is 0 Å². The number of halogens is 1. The van der Waals surface area contributed by atoms with Gasteiger partial charge in [0.2, 0.25) is 0 Å². The quantitative estimate of drug-likeness (QED) is 0.512. The zero-order chi connectivity index (χ0) is 13.8. The van der Waals surface area contributed by atoms with Crippen molar-refractivity contribution in [1.29, 1.82) is 0 Å². The van der Waals surface area contributed by atoms with Gasteiger partial charge in [0.1, 0.15) is 5.52 Å². The number of hydrogen-bond acceptors (Lipinski definition) is 5. The molecule has 0 atom stereocenters. The van der Waals surface area contributed by atoms with Crippen LogP contribution in [-0.4, -0.2) is 17.3 Å². The third-order valence-corrected chi connectivity index (χ3v) is 5.23. The molecule has 0 amide bonds. The Balaban J connectivity index is 1.43. The van der Waals surface area contributed by atoms with E-state index in [2.05, 4.69) is 37.7 Å². The molecule has 0 spiro atoms. The Bertz CT molecular complexity index is 662. The Morgan fingerprint density at radius 3 is 3.05 bits per heavy atom. The summed E-state index contributed by atoms with van der Waals surface area (Å²) in [6, 6.07) is 9.99. The number of rotatable bonds is 6. The third-order valence-electron chi connectivity index (χ3n) is 2.70. The van der Waals surface area contributed by atoms with Crippen molar-refractivity contribution in [3.8, 4) is 0 Å². The summed E-state index contributed by atoms with van der Waals surface area (Å²) in [6.45, 7) is 1.84. The molecule has 3 rings (SSSR count). The average Bonchev–Trinajstić information content (AvgIpc) is 3.04. The van der Waals surface area contributed by atoms with E-state index in [0.717, 1.165) is 39.6 Å². The Hall–Kier alpha value is -0.820. The Labute approximate surface area is 133 Å². The molecular weight excluding hydrogens is 356 g/mol. The van der Waals surface area contributed by atoms with Crippen LogP contribution in [0.5, 0.6) is 0 Å². The van der Waals surface area contributed by atoms with Gasteiger partial charge in [0, 0.05) is 33.6 Å². The van der Waals surface area contributed by atoms with Gasteiger partial charge in [-0.1, -0.05) is 23.9 Å². The van der Waals surface area contributed by atoms with Crippen molar-refractivity contribution in [1.82, 2.24) is 10.3 Å². The van der Waals surface area contributed by atoms with E-state index >= 15 is 0 Å². The topological polar surface area (TPSA) is 38.1 Å². The maximum absolute atomic E-state index is 5.66. The molecule has 0 saturated heterocycles. The summed E-state index contributed by atoms with van der Waals surface area (Å²) < 4.78 is 6.81. The molecular formula is C14H13BrN2OS2. The first-order chi connectivity index (χ1) is 9.81. The molecule has 6 heteroatoms. The van der Waals surface area contributed by atoms with E-state index in [-0.39, 0.29) is 0 Å². The molecule has 1 aromatic carbocycles. The van der Waals surface area contributed by atoms with E-state index < -0.39 is 0 Å². The van der Waals surface area contributed by atoms with Crippen molar-refractivity contribution < 1.29 is 4.42 Å². The summed E-state index contributed by atoms with van der Waals surface area (Å²) in [5.41, 5.74) is 1.78. The number of thioether (sulfide) groups is 1. The van der Waals surface area contributed by atoms with Gasteiger partial charge in [-0.2, -0.15) is 0 Å². The van der Waals surface area contributed by atoms with Crippen LogP contribution in [0.25, 0.3) is 11.1 Å². The monoisotopic (exact) mass is 368 g/mol. The van der Waals surface area contributed by atoms with E-state index in [1.807, 2.05) is 24.3 Å². The van der Waals surface area contributed by atoms with Gasteiger partial charge in [-0.05, 0) is 34.1 Å². The summed E-state index contributed by atoms with van der Waals surface area (Å²) in [4.78, 5) is 5.77. The lowest BCUT2D eigenvalue weighted by molar-refractivity contribution is 0.489. The molecule has 1 N–H and O–H groups in total. The largest absolute Gasteiger partial charge is 0.431 e. The molecule has 0 unspecified atom stereocenters. The van der Waals surface area contributed by atoms with Crippen LogP contribution in [0.1, 0.15) is 4.88 Å². The van der Waals surface area contributed by atoms with Gasteiger partial charge in [0.15, 0.2) is 5.58 Å². The summed E-state index contributed by atoms with van der Waals surface area (Å²) >= 11 is 6.86. The van der Waals surface area contributed by atoms with Gasteiger partial charge >= 0.3 is 0 Å². The average molecular weight is 369 g/mol. The number of nitrogens with zero attached hydrogens (tertiary/aromatic N) is 1. The zero-order valence-electron chi connectivity index (χ0n) is 10.6. The molecule has 0 aliphatic heterocycles. The van der Waals surface area contributed by atoms with Gasteiger partial charge in [-0.25, -0.2) is 4.98 Å². The minimum Gasteiger partial charge on any atom is -0.431 e. The van der Waals surface area contributed by atoms with Crippen molar-refractivity contribution in [3.63, 3.8) is 0 Å². The molecule has 3 aromatic rings. The summed E-state index contributed by atoms with van der Waals surface area (Å²) in [7, 11) is 0. The van der Waals surface area contributed by atoms with E-state index in [1.165, 1.54) is 4.88 Å². The van der Waals surface area contributed by atoms with Crippen LogP contribution in [0.4, 0.5) is 0 Å². The molecule has 0 bridgehead atoms. The molecule has 3 nitrogen and oxygen atoms in total. The lowest BCUT2D eigenvalue weighted by atomic mass is 10.3. The van der Waals surface area contributed by atoms with Gasteiger partial charge in [0.25, 0.3) is 5.22 Å². The number of thiophene rings is 1. The molecule has 0 radical (unpaired) electrons. The molecule has 0 saturated carbocycles. The Morgan fingerprint density at radius 1 is 1.35 bits per heavy atom. The van der Waals surface area contributed by atoms with Crippen LogP contribution >= 0.6 is 39.0 Å². The fourth-order valence-electron chi connectivity index (χ4n) is 1.78. The lowest BCUT2D eigenvalue weighted by Gasteiger charge is -2.00. The molecule has 104 valence electrons. The van der Waals surface area contributed by atoms with Crippen LogP contribution in [0.2, 0.25) is 0 Å². The second kappa shape index (κ2) is 6.76. The second-order valence-electron chi connectivity index (χ2n) is 4.20. The normalized spacial score (nSPS) is 11.2. The number of nitrogens with one attached hydrogen (secondary N) is 1. The fourth-order valence-corrected chi connectivity index (χ4v) is 3.93. The van der Waals surface area contributed by atoms with Gasteiger partial charge in [-0.15, -0.1) is 11.3 Å². The second-order valence-corrected chi connectivity index (χ2v) is 7.16. The lowest BCUT2D eigenvalue weighted by Crippen LogP contribution is -2.15. The molecule has 2 heterocycles. The highest BCUT2D eigenvalue weighted by molar-refractivity contribution is 9.10. The highest BCUT2D eigenvalue weighted by Crippen LogP contribution is 2.23. The van der Waals surface area contributed by atoms with Gasteiger partial charge in [0.05, 0.1) is 0 Å². The minimum atomic E-state index is 0.742. The Kier molecular flexibility index (Phi) is 4.77. The highest BCUT2D eigenvalue weighted by Gasteiger charge is 2.05. The number of fused-ring (bicyclic) bond motifs is 1. The van der Waals surface area contributed by atoms with E-state index in [9.17, 15) is 0 Å². The van der Waals surface area contributed by atoms with Crippen molar-refractivity contribution >= 4 is 50.1 Å². The predicted molar refractivity (Wildman–Crippen MR) is 88.5 cm³/mol. The van der Waals surface area contributed by atoms with Crippen molar-refractivity contribution in [3.05, 3.63) is 45.1 Å². The summed E-state index contributed by atoms with van der Waals surface area (Å²) in [5.74, 6) is 0.944. The summed E-state index contributed by atoms with van der Waals surface area (Å²) in [5, 5.41) is 6.26. The van der Waals surface area contributed by atoms with Crippen LogP contribution in [0.3, 0.4) is 0 Å². The maximum atomic E-state index is 5.66. The number of hydrogen-bond donors (Lipinski definition) is 1. The first-order valence-corrected chi connectivity index (χ1v) is 8.89.